The molecular formula is C64H50N4O5. The maximum Gasteiger partial charge on any atom is 0.193 e. The van der Waals surface area contributed by atoms with Crippen LogP contribution in [0.2, 0.25) is 0 Å². The normalized spacial score (nSPS) is 13.7. The molecule has 8 aromatic carbocycles. The van der Waals surface area contributed by atoms with Crippen molar-refractivity contribution in [2.45, 2.75) is 70.5 Å². The highest BCUT2D eigenvalue weighted by Gasteiger charge is 2.49. The molecule has 0 spiro atoms. The first-order valence-electron chi connectivity index (χ1n) is 23.8. The molecule has 0 amide bonds. The lowest BCUT2D eigenvalue weighted by Gasteiger charge is -2.30. The molecule has 1 aliphatic rings. The Hall–Kier alpha value is -9.41. The van der Waals surface area contributed by atoms with E-state index in [2.05, 4.69) is 88.4 Å². The molecule has 9 nitrogen and oxygen atoms in total. The zero-order chi connectivity index (χ0) is 51.7. The smallest absolute Gasteiger partial charge is 0.193 e. The topological polar surface area (TPSA) is 149 Å². The van der Waals surface area contributed by atoms with Crippen LogP contribution in [0, 0.1) is 45.3 Å². The highest BCUT2D eigenvalue weighted by molar-refractivity contribution is 6.09. The maximum atomic E-state index is 13.6. The molecule has 0 saturated heterocycles. The molecule has 0 bridgehead atoms. The first-order valence-corrected chi connectivity index (χ1v) is 23.8. The lowest BCUT2D eigenvalue weighted by atomic mass is 9.77. The van der Waals surface area contributed by atoms with Gasteiger partial charge in [-0.1, -0.05) is 94.4 Å². The number of fused-ring (bicyclic) bond motifs is 1. The molecule has 1 atom stereocenters. The van der Waals surface area contributed by atoms with Gasteiger partial charge in [-0.15, -0.1) is 0 Å². The zero-order valence-electron chi connectivity index (χ0n) is 41.6. The van der Waals surface area contributed by atoms with Crippen LogP contribution in [-0.2, 0) is 22.0 Å². The van der Waals surface area contributed by atoms with Gasteiger partial charge in [0.05, 0.1) is 22.3 Å². The number of ether oxygens (including phenoxy) is 4. The Kier molecular flexibility index (Phi) is 12.7. The minimum atomic E-state index is -0.667. The number of carbonyl (C=O) groups excluding carboxylic acids is 1. The average Bonchev–Trinajstić information content (AvgIpc) is 3.99. The summed E-state index contributed by atoms with van der Waals surface area (Å²) in [5.41, 5.74) is 7.98. The molecule has 1 unspecified atom stereocenters. The van der Waals surface area contributed by atoms with Crippen molar-refractivity contribution >= 4 is 5.78 Å². The van der Waals surface area contributed by atoms with Crippen molar-refractivity contribution in [3.05, 3.63) is 248 Å². The van der Waals surface area contributed by atoms with Gasteiger partial charge < -0.3 is 18.9 Å². The van der Waals surface area contributed by atoms with E-state index in [4.69, 9.17) is 18.9 Å². The van der Waals surface area contributed by atoms with E-state index in [0.717, 1.165) is 38.9 Å². The Morgan fingerprint density at radius 1 is 0.397 bits per heavy atom. The maximum absolute atomic E-state index is 13.6. The summed E-state index contributed by atoms with van der Waals surface area (Å²) in [6, 6.07) is 63.1. The molecule has 1 aliphatic carbocycles. The van der Waals surface area contributed by atoms with Crippen molar-refractivity contribution in [3.8, 4) is 58.8 Å². The summed E-state index contributed by atoms with van der Waals surface area (Å²) >= 11 is 0. The Balaban J connectivity index is 0.779. The van der Waals surface area contributed by atoms with Gasteiger partial charge in [0.1, 0.15) is 64.4 Å². The van der Waals surface area contributed by atoms with E-state index in [9.17, 15) is 25.8 Å². The van der Waals surface area contributed by atoms with Crippen LogP contribution in [-0.4, -0.2) is 5.78 Å². The van der Waals surface area contributed by atoms with Crippen molar-refractivity contribution in [1.29, 1.82) is 21.0 Å². The first kappa shape index (κ1) is 48.6. The minimum Gasteiger partial charge on any atom is -0.483 e. The number of nitrogens with zero attached hydrogens (tertiary/aromatic N) is 4. The monoisotopic (exact) mass is 954 g/mol. The van der Waals surface area contributed by atoms with Crippen molar-refractivity contribution in [3.63, 3.8) is 0 Å². The van der Waals surface area contributed by atoms with Gasteiger partial charge in [-0.2, -0.15) is 21.0 Å². The number of carbonyl (C=O) groups is 1. The summed E-state index contributed by atoms with van der Waals surface area (Å²) in [7, 11) is 0. The van der Waals surface area contributed by atoms with Crippen LogP contribution in [0.1, 0.15) is 126 Å². The van der Waals surface area contributed by atoms with Crippen LogP contribution in [0.3, 0.4) is 0 Å². The van der Waals surface area contributed by atoms with Gasteiger partial charge in [-0.25, -0.2) is 0 Å². The average molecular weight is 955 g/mol. The van der Waals surface area contributed by atoms with Gasteiger partial charge in [0.2, 0.25) is 0 Å². The Morgan fingerprint density at radius 2 is 0.767 bits per heavy atom. The molecule has 9 heteroatoms. The van der Waals surface area contributed by atoms with Gasteiger partial charge in [0, 0.05) is 33.1 Å². The molecule has 0 heterocycles. The number of benzene rings is 8. The molecule has 0 fully saturated rings. The molecule has 73 heavy (non-hydrogen) atoms. The Morgan fingerprint density at radius 3 is 1.26 bits per heavy atom. The van der Waals surface area contributed by atoms with Crippen LogP contribution in [0.25, 0.3) is 0 Å². The third-order valence-corrected chi connectivity index (χ3v) is 14.0. The second-order valence-corrected chi connectivity index (χ2v) is 19.8. The van der Waals surface area contributed by atoms with Gasteiger partial charge in [-0.05, 0) is 158 Å². The molecule has 0 radical (unpaired) electrons. The summed E-state index contributed by atoms with van der Waals surface area (Å²) in [5.74, 6) is 3.47. The second-order valence-electron chi connectivity index (χ2n) is 19.8. The molecule has 8 aromatic rings. The van der Waals surface area contributed by atoms with E-state index < -0.39 is 11.2 Å². The molecular weight excluding hydrogens is 905 g/mol. The third kappa shape index (κ3) is 9.74. The highest BCUT2D eigenvalue weighted by Crippen LogP contribution is 2.52. The van der Waals surface area contributed by atoms with E-state index in [1.807, 2.05) is 87.5 Å². The molecule has 356 valence electrons. The molecule has 0 saturated carbocycles. The lowest BCUT2D eigenvalue weighted by Crippen LogP contribution is -2.26. The van der Waals surface area contributed by atoms with Gasteiger partial charge >= 0.3 is 0 Å². The summed E-state index contributed by atoms with van der Waals surface area (Å²) in [5, 5.41) is 37.4. The lowest BCUT2D eigenvalue weighted by molar-refractivity contribution is 0.103. The predicted octanol–water partition coefficient (Wildman–Crippen LogP) is 14.6. The van der Waals surface area contributed by atoms with Crippen LogP contribution in [0.5, 0.6) is 34.5 Å². The van der Waals surface area contributed by atoms with Crippen molar-refractivity contribution in [1.82, 2.24) is 0 Å². The Labute approximate surface area is 426 Å². The van der Waals surface area contributed by atoms with Crippen LogP contribution in [0.15, 0.2) is 176 Å². The van der Waals surface area contributed by atoms with Crippen molar-refractivity contribution < 1.29 is 23.7 Å². The van der Waals surface area contributed by atoms with E-state index in [0.29, 0.717) is 56.8 Å². The number of hydrogen-bond donors (Lipinski definition) is 0. The van der Waals surface area contributed by atoms with Crippen LogP contribution in [0.4, 0.5) is 0 Å². The fraction of sp³-hybridized carbons (Fsp3) is 0.172. The van der Waals surface area contributed by atoms with Crippen molar-refractivity contribution in [2.75, 3.05) is 0 Å². The second kappa shape index (κ2) is 19.1. The van der Waals surface area contributed by atoms with E-state index in [1.54, 1.807) is 72.8 Å². The van der Waals surface area contributed by atoms with Gasteiger partial charge in [0.15, 0.2) is 11.4 Å². The number of ketones is 1. The quantitative estimate of drug-likeness (QED) is 0.0915. The fourth-order valence-electron chi connectivity index (χ4n) is 9.18. The summed E-state index contributed by atoms with van der Waals surface area (Å²) in [6.45, 7) is 14.8. The highest BCUT2D eigenvalue weighted by atomic mass is 16.5. The number of nitriles is 4. The molecule has 0 aliphatic heterocycles. The van der Waals surface area contributed by atoms with Gasteiger partial charge in [-0.3, -0.25) is 4.79 Å². The number of hydrogen-bond acceptors (Lipinski definition) is 9. The largest absolute Gasteiger partial charge is 0.483 e. The molecule has 0 aromatic heterocycles. The SMILES string of the molecule is CC(C)(Oc1ccc(C(=O)c2ccc(Oc3ccc(C(C)(C)c4ccc5c(c4)C5(C)Oc4ccc(C#N)c(C#N)c4)cc3)cc2)cc1)c1ccc(C(C)(C)c2ccc(Oc3ccc(C#N)c(C#N)c3)cc2)cc1. The standard InChI is InChI=1S/C64H50N4O5/c1-61(2,48-18-31-54(32-19-48)71-56-27-12-43(37-65)45(34-56)39-67)47-14-16-50(17-15-47)63(5,6)72-55-25-10-42(11-26-55)60(69)41-8-23-52(24-9-41)70-53-29-20-49(21-30-53)62(3,4)51-22-33-58-59(36-51)64(58,7)73-57-28-13-44(38-66)46(35-57)40-68/h8-36H,1-7H3. The van der Waals surface area contributed by atoms with Crippen LogP contribution < -0.4 is 18.9 Å². The summed E-state index contributed by atoms with van der Waals surface area (Å²) in [6.07, 6.45) is 0. The van der Waals surface area contributed by atoms with E-state index in [1.165, 1.54) is 0 Å². The minimum absolute atomic E-state index is 0.112. The van der Waals surface area contributed by atoms with E-state index >= 15 is 0 Å². The fourth-order valence-corrected chi connectivity index (χ4v) is 9.18. The molecule has 9 rings (SSSR count). The predicted molar refractivity (Wildman–Crippen MR) is 279 cm³/mol. The summed E-state index contributed by atoms with van der Waals surface area (Å²) < 4.78 is 25.1. The summed E-state index contributed by atoms with van der Waals surface area (Å²) in [4.78, 5) is 13.6. The van der Waals surface area contributed by atoms with Gasteiger partial charge in [0.25, 0.3) is 0 Å². The zero-order valence-corrected chi connectivity index (χ0v) is 41.6. The number of rotatable bonds is 15. The first-order chi connectivity index (χ1) is 34.9. The van der Waals surface area contributed by atoms with Crippen LogP contribution >= 0.6 is 0 Å². The molecule has 0 N–H and O–H groups in total. The van der Waals surface area contributed by atoms with Crippen molar-refractivity contribution in [2.24, 2.45) is 0 Å². The third-order valence-electron chi connectivity index (χ3n) is 14.0. The van der Waals surface area contributed by atoms with E-state index in [-0.39, 0.29) is 27.7 Å². The Bertz CT molecular complexity index is 3590.